The molecule has 0 amide bonds. The topological polar surface area (TPSA) is 74.2 Å². The van der Waals surface area contributed by atoms with Crippen LogP contribution in [0.2, 0.25) is 0 Å². The van der Waals surface area contributed by atoms with Crippen LogP contribution in [-0.4, -0.2) is 12.5 Å². The lowest BCUT2D eigenvalue weighted by atomic mass is 10.2. The summed E-state index contributed by atoms with van der Waals surface area (Å²) in [5, 5.41) is 11.5. The molecule has 0 aliphatic heterocycles. The van der Waals surface area contributed by atoms with Crippen molar-refractivity contribution in [1.82, 2.24) is 5.32 Å². The van der Waals surface area contributed by atoms with Crippen molar-refractivity contribution in [2.45, 2.75) is 13.5 Å². The summed E-state index contributed by atoms with van der Waals surface area (Å²) < 4.78 is 0. The first-order chi connectivity index (χ1) is 7.72. The van der Waals surface area contributed by atoms with Crippen LogP contribution in [0.25, 0.3) is 0 Å². The molecule has 84 valence electrons. The predicted molar refractivity (Wildman–Crippen MR) is 64.5 cm³/mol. The molecule has 1 atom stereocenters. The monoisotopic (exact) mass is 216 g/mol. The van der Waals surface area contributed by atoms with Crippen LogP contribution < -0.4 is 11.1 Å². The third kappa shape index (κ3) is 4.47. The Morgan fingerprint density at radius 2 is 2.19 bits per heavy atom. The van der Waals surface area contributed by atoms with Gasteiger partial charge in [0.2, 0.25) is 0 Å². The zero-order chi connectivity index (χ0) is 11.8. The lowest BCUT2D eigenvalue weighted by molar-refractivity contribution is 0.696. The van der Waals surface area contributed by atoms with Gasteiger partial charge in [0.25, 0.3) is 0 Å². The molecular weight excluding hydrogens is 200 g/mol. The summed E-state index contributed by atoms with van der Waals surface area (Å²) in [4.78, 5) is 4.17. The zero-order valence-electron chi connectivity index (χ0n) is 9.35. The van der Waals surface area contributed by atoms with E-state index in [9.17, 15) is 0 Å². The number of nitrogens with zero attached hydrogens (tertiary/aromatic N) is 2. The van der Waals surface area contributed by atoms with Gasteiger partial charge in [-0.2, -0.15) is 5.26 Å². The van der Waals surface area contributed by atoms with Crippen LogP contribution in [0.4, 0.5) is 0 Å². The summed E-state index contributed by atoms with van der Waals surface area (Å²) in [6, 6.07) is 12.0. The summed E-state index contributed by atoms with van der Waals surface area (Å²) >= 11 is 0. The van der Waals surface area contributed by atoms with Gasteiger partial charge in [-0.05, 0) is 12.5 Å². The first-order valence-corrected chi connectivity index (χ1v) is 5.19. The smallest absolute Gasteiger partial charge is 0.188 e. The second-order valence-corrected chi connectivity index (χ2v) is 3.60. The van der Waals surface area contributed by atoms with Crippen molar-refractivity contribution in [3.63, 3.8) is 0 Å². The van der Waals surface area contributed by atoms with Gasteiger partial charge in [-0.25, -0.2) is 4.99 Å². The largest absolute Gasteiger partial charge is 0.370 e. The Bertz CT molecular complexity index is 378. The molecule has 0 fully saturated rings. The van der Waals surface area contributed by atoms with E-state index in [0.29, 0.717) is 19.0 Å². The fourth-order valence-corrected chi connectivity index (χ4v) is 1.12. The molecule has 4 heteroatoms. The Balaban J connectivity index is 2.38. The zero-order valence-corrected chi connectivity index (χ0v) is 9.35. The van der Waals surface area contributed by atoms with Crippen molar-refractivity contribution in [3.05, 3.63) is 35.9 Å². The van der Waals surface area contributed by atoms with Gasteiger partial charge in [0.1, 0.15) is 0 Å². The maximum Gasteiger partial charge on any atom is 0.188 e. The highest BCUT2D eigenvalue weighted by Gasteiger charge is 1.98. The highest BCUT2D eigenvalue weighted by atomic mass is 15.1. The molecule has 16 heavy (non-hydrogen) atoms. The van der Waals surface area contributed by atoms with Gasteiger partial charge in [0.05, 0.1) is 18.5 Å². The maximum absolute atomic E-state index is 8.58. The number of nitrogens with two attached hydrogens (primary N) is 1. The molecule has 0 aliphatic carbocycles. The summed E-state index contributed by atoms with van der Waals surface area (Å²) in [5.41, 5.74) is 6.77. The number of rotatable bonds is 4. The van der Waals surface area contributed by atoms with Gasteiger partial charge in [-0.1, -0.05) is 30.3 Å². The average Bonchev–Trinajstić information content (AvgIpc) is 2.34. The third-order valence-electron chi connectivity index (χ3n) is 2.08. The van der Waals surface area contributed by atoms with Crippen LogP contribution in [0.15, 0.2) is 35.3 Å². The molecule has 0 spiro atoms. The predicted octanol–water partition coefficient (Wildman–Crippen LogP) is 1.25. The Morgan fingerprint density at radius 1 is 1.50 bits per heavy atom. The molecule has 0 heterocycles. The highest BCUT2D eigenvalue weighted by molar-refractivity contribution is 5.77. The van der Waals surface area contributed by atoms with Gasteiger partial charge in [-0.3, -0.25) is 0 Å². The molecule has 1 rings (SSSR count). The van der Waals surface area contributed by atoms with E-state index in [0.717, 1.165) is 5.56 Å². The van der Waals surface area contributed by atoms with E-state index in [-0.39, 0.29) is 5.92 Å². The molecule has 1 aromatic rings. The van der Waals surface area contributed by atoms with E-state index in [4.69, 9.17) is 11.0 Å². The normalized spacial score (nSPS) is 12.9. The third-order valence-corrected chi connectivity index (χ3v) is 2.08. The van der Waals surface area contributed by atoms with Gasteiger partial charge in [0.15, 0.2) is 5.96 Å². The maximum atomic E-state index is 8.58. The Labute approximate surface area is 95.8 Å². The van der Waals surface area contributed by atoms with Crippen molar-refractivity contribution in [2.75, 3.05) is 6.54 Å². The quantitative estimate of drug-likeness (QED) is 0.587. The van der Waals surface area contributed by atoms with E-state index in [1.54, 1.807) is 0 Å². The lowest BCUT2D eigenvalue weighted by Crippen LogP contribution is -2.34. The Kier molecular flexibility index (Phi) is 4.87. The fourth-order valence-electron chi connectivity index (χ4n) is 1.12. The second kappa shape index (κ2) is 6.46. The Hall–Kier alpha value is -2.02. The van der Waals surface area contributed by atoms with Gasteiger partial charge in [-0.15, -0.1) is 0 Å². The second-order valence-electron chi connectivity index (χ2n) is 3.60. The van der Waals surface area contributed by atoms with Crippen molar-refractivity contribution >= 4 is 5.96 Å². The number of benzene rings is 1. The van der Waals surface area contributed by atoms with Gasteiger partial charge >= 0.3 is 0 Å². The molecule has 3 N–H and O–H groups in total. The van der Waals surface area contributed by atoms with E-state index >= 15 is 0 Å². The first-order valence-electron chi connectivity index (χ1n) is 5.19. The molecule has 0 saturated carbocycles. The van der Waals surface area contributed by atoms with Crippen LogP contribution >= 0.6 is 0 Å². The molecule has 0 radical (unpaired) electrons. The molecule has 0 aliphatic rings. The van der Waals surface area contributed by atoms with E-state index in [1.165, 1.54) is 0 Å². The van der Waals surface area contributed by atoms with Crippen LogP contribution in [-0.2, 0) is 6.54 Å². The minimum absolute atomic E-state index is 0.0644. The van der Waals surface area contributed by atoms with Crippen molar-refractivity contribution in [2.24, 2.45) is 16.6 Å². The van der Waals surface area contributed by atoms with E-state index < -0.39 is 0 Å². The van der Waals surface area contributed by atoms with Crippen molar-refractivity contribution in [3.8, 4) is 6.07 Å². The summed E-state index contributed by atoms with van der Waals surface area (Å²) in [7, 11) is 0. The molecule has 1 aromatic carbocycles. The minimum Gasteiger partial charge on any atom is -0.370 e. The first kappa shape index (κ1) is 12.1. The number of guanidine groups is 1. The molecule has 0 saturated heterocycles. The summed E-state index contributed by atoms with van der Waals surface area (Å²) in [6.07, 6.45) is 0. The lowest BCUT2D eigenvalue weighted by Gasteiger charge is -2.06. The molecule has 4 nitrogen and oxygen atoms in total. The molecule has 0 aromatic heterocycles. The number of aliphatic imine (C=N–C) groups is 1. The van der Waals surface area contributed by atoms with Crippen LogP contribution in [0.5, 0.6) is 0 Å². The number of nitriles is 1. The van der Waals surface area contributed by atoms with Crippen molar-refractivity contribution < 1.29 is 0 Å². The highest BCUT2D eigenvalue weighted by Crippen LogP contribution is 1.99. The fraction of sp³-hybridized carbons (Fsp3) is 0.333. The SMILES string of the molecule is C[C@H](C#N)CNC(N)=NCc1ccccc1. The number of hydrogen-bond donors (Lipinski definition) is 2. The van der Waals surface area contributed by atoms with Gasteiger partial charge < -0.3 is 11.1 Å². The number of nitrogens with one attached hydrogen (secondary N) is 1. The van der Waals surface area contributed by atoms with Crippen molar-refractivity contribution in [1.29, 1.82) is 5.26 Å². The van der Waals surface area contributed by atoms with E-state index in [1.807, 2.05) is 37.3 Å². The minimum atomic E-state index is -0.0644. The standard InChI is InChI=1S/C12H16N4/c1-10(7-13)8-15-12(14)16-9-11-5-3-2-4-6-11/h2-6,10H,8-9H2,1H3,(H3,14,15,16)/t10-/m1/s1. The molecule has 0 bridgehead atoms. The summed E-state index contributed by atoms with van der Waals surface area (Å²) in [6.45, 7) is 2.92. The number of hydrogen-bond acceptors (Lipinski definition) is 2. The van der Waals surface area contributed by atoms with Crippen LogP contribution in [0.1, 0.15) is 12.5 Å². The van der Waals surface area contributed by atoms with Gasteiger partial charge in [0, 0.05) is 6.54 Å². The van der Waals surface area contributed by atoms with Crippen LogP contribution in [0, 0.1) is 17.2 Å². The Morgan fingerprint density at radius 3 is 2.81 bits per heavy atom. The molecular formula is C12H16N4. The average molecular weight is 216 g/mol. The van der Waals surface area contributed by atoms with Crippen LogP contribution in [0.3, 0.4) is 0 Å². The van der Waals surface area contributed by atoms with E-state index in [2.05, 4.69) is 16.4 Å². The molecule has 0 unspecified atom stereocenters. The summed E-state index contributed by atoms with van der Waals surface area (Å²) in [5.74, 6) is 0.316.